The smallest absolute Gasteiger partial charge is 0.497 e. The van der Waals surface area contributed by atoms with Crippen molar-refractivity contribution in [2.24, 2.45) is 4.99 Å². The number of halogens is 4. The van der Waals surface area contributed by atoms with Crippen LogP contribution < -0.4 is 9.47 Å². The number of fused-ring (bicyclic) bond motifs is 2. The molecule has 2 heterocycles. The minimum atomic E-state index is -2.77. The maximum Gasteiger partial charge on any atom is 0.678 e. The summed E-state index contributed by atoms with van der Waals surface area (Å²) < 4.78 is 43.7. The van der Waals surface area contributed by atoms with E-state index < -0.39 is 7.40 Å². The van der Waals surface area contributed by atoms with Gasteiger partial charge in [0, 0.05) is 46.0 Å². The second kappa shape index (κ2) is 11.0. The zero-order chi connectivity index (χ0) is 28.0. The minimum Gasteiger partial charge on any atom is -0.497 e. The monoisotopic (exact) mass is 756 g/mol. The van der Waals surface area contributed by atoms with E-state index >= 15 is 0 Å². The van der Waals surface area contributed by atoms with Crippen LogP contribution >= 0.6 is 45.2 Å². The van der Waals surface area contributed by atoms with E-state index in [9.17, 15) is 8.63 Å². The summed E-state index contributed by atoms with van der Waals surface area (Å²) in [5.41, 5.74) is 5.77. The van der Waals surface area contributed by atoms with E-state index in [-0.39, 0.29) is 0 Å². The van der Waals surface area contributed by atoms with Crippen LogP contribution in [0.25, 0.3) is 33.8 Å². The number of rotatable bonds is 6. The zero-order valence-electron chi connectivity index (χ0n) is 21.5. The average Bonchev–Trinajstić information content (AvgIpc) is 3.48. The molecule has 0 saturated heterocycles. The summed E-state index contributed by atoms with van der Waals surface area (Å²) in [6.07, 6.45) is 1.79. The van der Waals surface area contributed by atoms with Crippen molar-refractivity contribution in [3.8, 4) is 22.8 Å². The van der Waals surface area contributed by atoms with Crippen LogP contribution in [-0.2, 0) is 0 Å². The van der Waals surface area contributed by atoms with Gasteiger partial charge in [-0.3, -0.25) is 8.63 Å². The van der Waals surface area contributed by atoms with E-state index in [1.807, 2.05) is 66.7 Å². The zero-order valence-corrected chi connectivity index (χ0v) is 25.8. The van der Waals surface area contributed by atoms with E-state index in [0.717, 1.165) is 50.5 Å². The number of benzene rings is 4. The molecule has 9 heteroatoms. The van der Waals surface area contributed by atoms with Gasteiger partial charge in [-0.15, -0.1) is 0 Å². The fourth-order valence-electron chi connectivity index (χ4n) is 5.09. The lowest BCUT2D eigenvalue weighted by Crippen LogP contribution is -2.16. The molecule has 0 radical (unpaired) electrons. The van der Waals surface area contributed by atoms with Crippen LogP contribution in [0.3, 0.4) is 0 Å². The number of aromatic nitrogens is 1. The van der Waals surface area contributed by atoms with E-state index in [4.69, 9.17) is 14.5 Å². The Labute approximate surface area is 258 Å². The fourth-order valence-corrected chi connectivity index (χ4v) is 6.08. The molecular weight excluding hydrogens is 735 g/mol. The summed E-state index contributed by atoms with van der Waals surface area (Å²) in [6.45, 7) is 0. The summed E-state index contributed by atoms with van der Waals surface area (Å²) in [5.74, 6) is 1.42. The molecule has 1 aliphatic heterocycles. The lowest BCUT2D eigenvalue weighted by molar-refractivity contribution is 0.414. The number of hydrogen-bond acceptors (Lipinski definition) is 3. The molecule has 40 heavy (non-hydrogen) atoms. The fraction of sp³-hybridized carbons (Fsp3) is 0.0645. The Morgan fingerprint density at radius 1 is 0.725 bits per heavy atom. The van der Waals surface area contributed by atoms with Gasteiger partial charge < -0.3 is 14.0 Å². The SMILES string of the molecule is COc1ccc(C2=N/C(=C/c3c4ccc(I)cc4c(-c4ccc(OC)cc4)n3B(F)F)c3ccc(I)cc32)cc1. The molecule has 1 aliphatic rings. The average molecular weight is 756 g/mol. The largest absolute Gasteiger partial charge is 0.678 e. The number of aliphatic imine (C=N–C) groups is 1. The first-order chi connectivity index (χ1) is 19.4. The first-order valence-corrected chi connectivity index (χ1v) is 14.5. The second-order valence-corrected chi connectivity index (χ2v) is 11.7. The van der Waals surface area contributed by atoms with Crippen molar-refractivity contribution in [1.29, 1.82) is 0 Å². The van der Waals surface area contributed by atoms with Gasteiger partial charge in [0.05, 0.1) is 25.6 Å². The Kier molecular flexibility index (Phi) is 7.43. The Morgan fingerprint density at radius 2 is 1.32 bits per heavy atom. The molecule has 0 N–H and O–H groups in total. The normalized spacial score (nSPS) is 13.4. The summed E-state index contributed by atoms with van der Waals surface area (Å²) in [4.78, 5) is 5.01. The Hall–Kier alpha value is -3.19. The highest BCUT2D eigenvalue weighted by Gasteiger charge is 2.30. The first kappa shape index (κ1) is 27.0. The maximum atomic E-state index is 15.0. The van der Waals surface area contributed by atoms with E-state index in [1.165, 1.54) is 0 Å². The van der Waals surface area contributed by atoms with Crippen molar-refractivity contribution in [2.45, 2.75) is 0 Å². The Bertz CT molecular complexity index is 1810. The van der Waals surface area contributed by atoms with Crippen LogP contribution in [0.1, 0.15) is 22.4 Å². The Morgan fingerprint density at radius 3 is 1.95 bits per heavy atom. The highest BCUT2D eigenvalue weighted by Crippen LogP contribution is 2.40. The third-order valence-corrected chi connectivity index (χ3v) is 8.30. The summed E-state index contributed by atoms with van der Waals surface area (Å²) in [6, 6.07) is 26.8. The van der Waals surface area contributed by atoms with Gasteiger partial charge >= 0.3 is 7.40 Å². The Balaban J connectivity index is 1.60. The van der Waals surface area contributed by atoms with Crippen molar-refractivity contribution in [3.05, 3.63) is 114 Å². The van der Waals surface area contributed by atoms with Crippen molar-refractivity contribution in [3.63, 3.8) is 0 Å². The van der Waals surface area contributed by atoms with Crippen molar-refractivity contribution < 1.29 is 18.1 Å². The predicted molar refractivity (Wildman–Crippen MR) is 176 cm³/mol. The lowest BCUT2D eigenvalue weighted by atomic mass is 9.99. The summed E-state index contributed by atoms with van der Waals surface area (Å²) >= 11 is 4.50. The predicted octanol–water partition coefficient (Wildman–Crippen LogP) is 8.66. The number of nitrogens with zero attached hydrogens (tertiary/aromatic N) is 2. The third-order valence-electron chi connectivity index (χ3n) is 6.95. The van der Waals surface area contributed by atoms with E-state index in [2.05, 4.69) is 51.2 Å². The van der Waals surface area contributed by atoms with E-state index in [1.54, 1.807) is 32.4 Å². The van der Waals surface area contributed by atoms with Crippen LogP contribution in [-0.4, -0.2) is 31.8 Å². The van der Waals surface area contributed by atoms with Gasteiger partial charge in [0.15, 0.2) is 0 Å². The van der Waals surface area contributed by atoms with Gasteiger partial charge in [0.2, 0.25) is 0 Å². The van der Waals surface area contributed by atoms with Crippen molar-refractivity contribution in [2.75, 3.05) is 14.2 Å². The third kappa shape index (κ3) is 4.83. The molecule has 1 aromatic heterocycles. The summed E-state index contributed by atoms with van der Waals surface area (Å²) in [5, 5.41) is 1.49. The van der Waals surface area contributed by atoms with Crippen molar-refractivity contribution in [1.82, 2.24) is 4.48 Å². The van der Waals surface area contributed by atoms with Gasteiger partial charge in [-0.25, -0.2) is 4.99 Å². The first-order valence-electron chi connectivity index (χ1n) is 12.4. The standard InChI is InChI=1S/C31H21BF2I2N2O2/c1-39-22-9-3-18(4-10-22)30-26-15-20(35)7-13-24(26)28(37-30)17-29-25-14-8-21(36)16-27(25)31(38(29)32(33)34)19-5-11-23(40-2)12-6-19/h3-17H,1-2H3/b28-17+. The van der Waals surface area contributed by atoms with Crippen LogP contribution in [0.2, 0.25) is 0 Å². The minimum absolute atomic E-state index is 0.409. The molecule has 0 aliphatic carbocycles. The molecule has 0 bridgehead atoms. The molecule has 0 atom stereocenters. The maximum absolute atomic E-state index is 15.0. The molecular formula is C31H21BF2I2N2O2. The van der Waals surface area contributed by atoms with E-state index in [0.29, 0.717) is 28.4 Å². The van der Waals surface area contributed by atoms with Crippen LogP contribution in [0.15, 0.2) is 89.9 Å². The molecule has 0 amide bonds. The molecule has 5 aromatic rings. The van der Waals surface area contributed by atoms with Gasteiger partial charge in [-0.1, -0.05) is 12.1 Å². The molecule has 4 nitrogen and oxygen atoms in total. The van der Waals surface area contributed by atoms with Crippen molar-refractivity contribution >= 4 is 80.8 Å². The topological polar surface area (TPSA) is 35.8 Å². The molecule has 4 aromatic carbocycles. The van der Waals surface area contributed by atoms with Crippen LogP contribution in [0.4, 0.5) is 8.63 Å². The number of methoxy groups -OCH3 is 2. The number of ether oxygens (including phenoxy) is 2. The molecule has 0 fully saturated rings. The molecule has 198 valence electrons. The van der Waals surface area contributed by atoms with Gasteiger partial charge in [0.25, 0.3) is 0 Å². The van der Waals surface area contributed by atoms with Crippen LogP contribution in [0, 0.1) is 7.14 Å². The number of hydrogen-bond donors (Lipinski definition) is 0. The quantitative estimate of drug-likeness (QED) is 0.129. The summed E-state index contributed by atoms with van der Waals surface area (Å²) in [7, 11) is 0.446. The van der Waals surface area contributed by atoms with Gasteiger partial charge in [-0.05, 0) is 130 Å². The highest BCUT2D eigenvalue weighted by molar-refractivity contribution is 14.1. The van der Waals surface area contributed by atoms with Gasteiger partial charge in [-0.2, -0.15) is 0 Å². The molecule has 6 rings (SSSR count). The van der Waals surface area contributed by atoms with Gasteiger partial charge in [0.1, 0.15) is 11.5 Å². The van der Waals surface area contributed by atoms with Crippen LogP contribution in [0.5, 0.6) is 11.5 Å². The molecule has 0 spiro atoms. The molecule has 0 saturated carbocycles. The lowest BCUT2D eigenvalue weighted by Gasteiger charge is -2.10. The highest BCUT2D eigenvalue weighted by atomic mass is 127. The second-order valence-electron chi connectivity index (χ2n) is 9.21. The molecule has 0 unspecified atom stereocenters.